The molecule has 4 nitrogen and oxygen atoms in total. The van der Waals surface area contributed by atoms with Crippen LogP contribution in [-0.4, -0.2) is 19.6 Å². The van der Waals surface area contributed by atoms with Gasteiger partial charge in [-0.1, -0.05) is 194 Å². The summed E-state index contributed by atoms with van der Waals surface area (Å²) in [5.74, 6) is 0.661. The molecule has 67 heavy (non-hydrogen) atoms. The van der Waals surface area contributed by atoms with E-state index in [1.807, 2.05) is 30.3 Å². The van der Waals surface area contributed by atoms with Gasteiger partial charge in [-0.25, -0.2) is 4.98 Å². The van der Waals surface area contributed by atoms with E-state index >= 15 is 0 Å². The molecule has 1 N–H and O–H groups in total. The Morgan fingerprint density at radius 3 is 1.73 bits per heavy atom. The van der Waals surface area contributed by atoms with Crippen molar-refractivity contribution in [1.82, 2.24) is 14.5 Å². The van der Waals surface area contributed by atoms with Gasteiger partial charge in [-0.05, 0) is 121 Å². The van der Waals surface area contributed by atoms with E-state index in [0.29, 0.717) is 28.0 Å². The predicted molar refractivity (Wildman–Crippen MR) is 286 cm³/mol. The number of hydrogen-bond donors (Lipinski definition) is 1. The van der Waals surface area contributed by atoms with E-state index in [1.54, 1.807) is 0 Å². The number of phenols is 1. The van der Waals surface area contributed by atoms with Crippen LogP contribution in [0.25, 0.3) is 72.7 Å². The minimum absolute atomic E-state index is 0.0387. The molecule has 6 aromatic carbocycles. The zero-order valence-corrected chi connectivity index (χ0v) is 41.9. The van der Waals surface area contributed by atoms with Gasteiger partial charge in [0.05, 0.1) is 37.6 Å². The van der Waals surface area contributed by atoms with Crippen LogP contribution >= 0.6 is 0 Å². The molecule has 2 aromatic heterocycles. The Kier molecular flexibility index (Phi) is 9.00. The average molecular weight is 896 g/mol. The van der Waals surface area contributed by atoms with Crippen molar-refractivity contribution in [2.24, 2.45) is 0 Å². The largest absolute Gasteiger partial charge is 0.507 e. The molecule has 0 saturated carbocycles. The molecule has 8 aromatic rings. The summed E-state index contributed by atoms with van der Waals surface area (Å²) in [5, 5.41) is 12.7. The number of phenolic OH excluding ortho intramolecular Hbond substituents is 1. The fraction of sp³-hybridized carbons (Fsp3) is 0.333. The van der Waals surface area contributed by atoms with Crippen LogP contribution in [0.2, 0.25) is 0 Å². The first kappa shape index (κ1) is 35.9. The Balaban J connectivity index is 1.50. The Morgan fingerprint density at radius 1 is 0.507 bits per heavy atom. The lowest BCUT2D eigenvalue weighted by atomic mass is 9.79. The van der Waals surface area contributed by atoms with Gasteiger partial charge in [0.15, 0.2) is 0 Å². The van der Waals surface area contributed by atoms with Crippen molar-refractivity contribution in [2.45, 2.75) is 138 Å². The predicted octanol–water partition coefficient (Wildman–Crippen LogP) is 17.3. The van der Waals surface area contributed by atoms with Gasteiger partial charge in [-0.3, -0.25) is 9.55 Å². The molecule has 0 atom stereocenters. The van der Waals surface area contributed by atoms with E-state index in [4.69, 9.17) is 17.3 Å². The smallest absolute Gasteiger partial charge is 0.149 e. The van der Waals surface area contributed by atoms with Crippen molar-refractivity contribution >= 4 is 11.0 Å². The van der Waals surface area contributed by atoms with E-state index in [0.717, 1.165) is 50.1 Å². The van der Waals surface area contributed by atoms with Crippen LogP contribution in [0, 0.1) is 6.85 Å². The summed E-state index contributed by atoms with van der Waals surface area (Å²) in [5.41, 5.74) is 8.37. The zero-order chi connectivity index (χ0) is 57.2. The third kappa shape index (κ3) is 9.51. The highest BCUT2D eigenvalue weighted by molar-refractivity contribution is 5.98. The number of aromatic hydroxyl groups is 1. The minimum Gasteiger partial charge on any atom is -0.507 e. The lowest BCUT2D eigenvalue weighted by molar-refractivity contribution is 0.446. The van der Waals surface area contributed by atoms with Crippen molar-refractivity contribution in [3.8, 4) is 67.5 Å². The number of para-hydroxylation sites is 1. The van der Waals surface area contributed by atoms with E-state index in [2.05, 4.69) is 174 Å². The highest BCUT2D eigenvalue weighted by Gasteiger charge is 2.30. The molecule has 0 amide bonds. The molecule has 8 rings (SSSR count). The Labute approximate surface area is 415 Å². The second-order valence-corrected chi connectivity index (χ2v) is 23.2. The van der Waals surface area contributed by atoms with E-state index < -0.39 is 71.2 Å². The van der Waals surface area contributed by atoms with Crippen LogP contribution in [-0.2, 0) is 27.1 Å². The summed E-state index contributed by atoms with van der Waals surface area (Å²) in [6, 6.07) is 27.2. The Morgan fingerprint density at radius 2 is 1.12 bits per heavy atom. The van der Waals surface area contributed by atoms with Crippen molar-refractivity contribution in [3.05, 3.63) is 167 Å². The average Bonchev–Trinajstić information content (AvgIpc) is 3.71. The fourth-order valence-electron chi connectivity index (χ4n) is 8.51. The molecule has 0 saturated heterocycles. The number of imidazole rings is 1. The summed E-state index contributed by atoms with van der Waals surface area (Å²) >= 11 is 0. The lowest BCUT2D eigenvalue weighted by Gasteiger charge is -2.28. The first-order valence-corrected chi connectivity index (χ1v) is 23.2. The van der Waals surface area contributed by atoms with Gasteiger partial charge in [-0.15, -0.1) is 0 Å². The SMILES string of the molecule is [2H]c1nc(-c2cc(-c3cccc4c3nc(-c3cc(C(C)(C)C)cc(C(C)(C)C)c3O)n4-c3cc(C(C)(C)C)ccc3-c3ccc(C(C)(C)C)cc3)cc(C(C)(C)C)c2)c([2H])c(-c2c([2H])c([2H])c(C([2H])([2H])[2H])c([2H])c2[2H])c1[2H]. The number of nitrogens with zero attached hydrogens (tertiary/aromatic N) is 3. The molecule has 344 valence electrons. The first-order valence-electron chi connectivity index (χ1n) is 28.2. The standard InChI is InChI=1S/C63H71N3O/c1-39-20-22-40(23-21-39)42-30-31-64-53(35-42)44-32-43(33-47(34-44)61(8,9)10)50-18-17-19-54-56(50)65-58(51-36-48(62(11,12)13)37-52(57(51)67)63(14,15)16)66(54)55-38-46(60(5,6)7)28-29-49(55)41-24-26-45(27-25-41)59(2,3)4/h17-38,67H,1-16H3/i1D3,20D,21D,22D,23D,30D,31D,35D. The van der Waals surface area contributed by atoms with Crippen molar-refractivity contribution in [2.75, 3.05) is 0 Å². The van der Waals surface area contributed by atoms with Crippen LogP contribution in [0.1, 0.15) is 151 Å². The molecule has 0 spiro atoms. The van der Waals surface area contributed by atoms with Gasteiger partial charge in [0.1, 0.15) is 11.6 Å². The maximum absolute atomic E-state index is 12.7. The van der Waals surface area contributed by atoms with Gasteiger partial charge in [-0.2, -0.15) is 0 Å². The number of pyridine rings is 1. The van der Waals surface area contributed by atoms with Crippen LogP contribution in [0.5, 0.6) is 5.75 Å². The molecular formula is C63H71N3O. The topological polar surface area (TPSA) is 50.9 Å². The zero-order valence-electron chi connectivity index (χ0n) is 51.9. The molecule has 0 aliphatic rings. The van der Waals surface area contributed by atoms with Gasteiger partial charge in [0.25, 0.3) is 0 Å². The summed E-state index contributed by atoms with van der Waals surface area (Å²) in [7, 11) is 0. The molecule has 0 fully saturated rings. The Bertz CT molecular complexity index is 3640. The normalized spacial score (nSPS) is 15.1. The maximum atomic E-state index is 12.7. The minimum atomic E-state index is -2.97. The fourth-order valence-corrected chi connectivity index (χ4v) is 8.51. The molecule has 0 unspecified atom stereocenters. The van der Waals surface area contributed by atoms with Crippen molar-refractivity contribution < 1.29 is 18.8 Å². The number of benzene rings is 6. The summed E-state index contributed by atoms with van der Waals surface area (Å²) in [6.45, 7) is 29.2. The molecule has 0 bridgehead atoms. The van der Waals surface area contributed by atoms with Crippen molar-refractivity contribution in [1.29, 1.82) is 0 Å². The van der Waals surface area contributed by atoms with Gasteiger partial charge in [0, 0.05) is 32.5 Å². The second-order valence-electron chi connectivity index (χ2n) is 23.2. The van der Waals surface area contributed by atoms with Crippen LogP contribution in [0.3, 0.4) is 0 Å². The van der Waals surface area contributed by atoms with Crippen LogP contribution in [0.15, 0.2) is 133 Å². The second kappa shape index (κ2) is 16.8. The van der Waals surface area contributed by atoms with Crippen molar-refractivity contribution in [3.63, 3.8) is 0 Å². The number of rotatable bonds is 6. The van der Waals surface area contributed by atoms with Gasteiger partial charge < -0.3 is 5.11 Å². The van der Waals surface area contributed by atoms with Crippen LogP contribution in [0.4, 0.5) is 0 Å². The molecule has 0 aliphatic carbocycles. The molecule has 0 aliphatic heterocycles. The summed E-state index contributed by atoms with van der Waals surface area (Å²) in [6.07, 6.45) is -0.566. The molecule has 0 radical (unpaired) electrons. The van der Waals surface area contributed by atoms with E-state index in [9.17, 15) is 6.48 Å². The highest BCUT2D eigenvalue weighted by atomic mass is 16.3. The van der Waals surface area contributed by atoms with E-state index in [1.165, 1.54) is 5.56 Å². The number of hydrogen-bond acceptors (Lipinski definition) is 3. The maximum Gasteiger partial charge on any atom is 0.149 e. The van der Waals surface area contributed by atoms with Gasteiger partial charge in [0.2, 0.25) is 0 Å². The lowest BCUT2D eigenvalue weighted by Crippen LogP contribution is -2.17. The molecule has 4 heteroatoms. The highest BCUT2D eigenvalue weighted by Crippen LogP contribution is 2.46. The number of fused-ring (bicyclic) bond motifs is 1. The molecular weight excluding hydrogens is 815 g/mol. The third-order valence-corrected chi connectivity index (χ3v) is 12.7. The Hall–Kier alpha value is -6.26. The van der Waals surface area contributed by atoms with Gasteiger partial charge >= 0.3 is 0 Å². The van der Waals surface area contributed by atoms with E-state index in [-0.39, 0.29) is 33.3 Å². The summed E-state index contributed by atoms with van der Waals surface area (Å²) in [4.78, 5) is 10.1. The summed E-state index contributed by atoms with van der Waals surface area (Å²) < 4.78 is 88.8. The number of aromatic nitrogens is 3. The monoisotopic (exact) mass is 896 g/mol. The quantitative estimate of drug-likeness (QED) is 0.181. The third-order valence-electron chi connectivity index (χ3n) is 12.7. The first-order chi connectivity index (χ1) is 35.3. The van der Waals surface area contributed by atoms with Crippen LogP contribution < -0.4 is 0 Å². The molecule has 2 heterocycles.